The van der Waals surface area contributed by atoms with Crippen molar-refractivity contribution in [3.05, 3.63) is 53.1 Å². The summed E-state index contributed by atoms with van der Waals surface area (Å²) in [5, 5.41) is 0.488. The zero-order valence-electron chi connectivity index (χ0n) is 27.3. The predicted octanol–water partition coefficient (Wildman–Crippen LogP) is 7.93. The molecule has 4 rings (SSSR count). The van der Waals surface area contributed by atoms with Crippen molar-refractivity contribution in [2.45, 2.75) is 91.1 Å². The molecule has 1 saturated heterocycles. The second-order valence-electron chi connectivity index (χ2n) is 13.2. The Balaban J connectivity index is 1.57. The molecule has 246 valence electrons. The number of para-hydroxylation sites is 2. The smallest absolute Gasteiger partial charge is 0.419 e. The number of anilines is 3. The number of fused-ring (bicyclic) bond motifs is 2. The topological polar surface area (TPSA) is 97.9 Å². The Morgan fingerprint density at radius 3 is 2.11 bits per heavy atom. The maximum atomic E-state index is 14.0. The summed E-state index contributed by atoms with van der Waals surface area (Å²) in [6, 6.07) is 12.9. The Morgan fingerprint density at radius 2 is 1.51 bits per heavy atom. The van der Waals surface area contributed by atoms with E-state index in [0.717, 1.165) is 35.5 Å². The minimum absolute atomic E-state index is 0.0383. The Hall–Kier alpha value is -3.34. The van der Waals surface area contributed by atoms with Gasteiger partial charge >= 0.3 is 12.2 Å². The lowest BCUT2D eigenvalue weighted by Crippen LogP contribution is -2.44. The fraction of sp³-hybridized carbons (Fsp3) is 0.559. The van der Waals surface area contributed by atoms with Gasteiger partial charge < -0.3 is 28.7 Å². The van der Waals surface area contributed by atoms with Crippen LogP contribution in [0.4, 0.5) is 26.7 Å². The zero-order chi connectivity index (χ0) is 32.8. The lowest BCUT2D eigenvalue weighted by molar-refractivity contribution is -0.162. The normalized spacial score (nSPS) is 16.9. The van der Waals surface area contributed by atoms with Crippen molar-refractivity contribution in [3.8, 4) is 0 Å². The first-order valence-electron chi connectivity index (χ1n) is 15.7. The molecule has 2 aromatic carbocycles. The van der Waals surface area contributed by atoms with E-state index in [1.54, 1.807) is 64.6 Å². The average molecular weight is 644 g/mol. The van der Waals surface area contributed by atoms with Crippen molar-refractivity contribution in [3.63, 3.8) is 0 Å². The Labute approximate surface area is 271 Å². The van der Waals surface area contributed by atoms with E-state index in [0.29, 0.717) is 55.4 Å². The second kappa shape index (κ2) is 14.8. The molecule has 2 aromatic rings. The standard InChI is InChI=1S/C34H46ClN3O7/c1-33(2,3)44-31(40)38(32(41)45-34(4,5)6)19-11-18-36-26-13-7-8-14-27(26)37(20-12-22-43-29-15-9-10-21-42-29)30(39)25-17-16-24(35)23-28(25)36/h7-8,13-14,16-17,23,29H,9-12,15,18-22H2,1-6H3. The van der Waals surface area contributed by atoms with Crippen molar-refractivity contribution in [2.24, 2.45) is 0 Å². The fourth-order valence-electron chi connectivity index (χ4n) is 5.24. The summed E-state index contributed by atoms with van der Waals surface area (Å²) >= 11 is 6.46. The van der Waals surface area contributed by atoms with Gasteiger partial charge in [0, 0.05) is 31.3 Å². The Morgan fingerprint density at radius 1 is 0.889 bits per heavy atom. The van der Waals surface area contributed by atoms with Gasteiger partial charge in [0.05, 0.1) is 29.2 Å². The molecule has 45 heavy (non-hydrogen) atoms. The number of carbonyl (C=O) groups excluding carboxylic acids is 3. The van der Waals surface area contributed by atoms with E-state index in [2.05, 4.69) is 0 Å². The van der Waals surface area contributed by atoms with Crippen molar-refractivity contribution in [1.29, 1.82) is 0 Å². The van der Waals surface area contributed by atoms with Crippen LogP contribution in [-0.4, -0.2) is 73.3 Å². The highest BCUT2D eigenvalue weighted by molar-refractivity contribution is 6.31. The molecule has 0 radical (unpaired) electrons. The van der Waals surface area contributed by atoms with E-state index in [-0.39, 0.29) is 18.7 Å². The summed E-state index contributed by atoms with van der Waals surface area (Å²) in [7, 11) is 0. The Bertz CT molecular complexity index is 1320. The average Bonchev–Trinajstić information content (AvgIpc) is 3.04. The first kappa shape index (κ1) is 34.5. The highest BCUT2D eigenvalue weighted by atomic mass is 35.5. The molecule has 1 atom stereocenters. The monoisotopic (exact) mass is 643 g/mol. The Kier molecular flexibility index (Phi) is 11.4. The molecule has 0 aromatic heterocycles. The summed E-state index contributed by atoms with van der Waals surface area (Å²) in [4.78, 5) is 45.0. The maximum Gasteiger partial charge on any atom is 0.419 e. The van der Waals surface area contributed by atoms with Crippen LogP contribution in [0.25, 0.3) is 0 Å². The van der Waals surface area contributed by atoms with Crippen molar-refractivity contribution in [2.75, 3.05) is 42.6 Å². The molecule has 1 unspecified atom stereocenters. The van der Waals surface area contributed by atoms with Gasteiger partial charge in [0.2, 0.25) is 0 Å². The molecular weight excluding hydrogens is 598 g/mol. The quantitative estimate of drug-likeness (QED) is 0.254. The van der Waals surface area contributed by atoms with E-state index in [4.69, 9.17) is 30.5 Å². The molecule has 0 N–H and O–H groups in total. The van der Waals surface area contributed by atoms with Gasteiger partial charge in [0.1, 0.15) is 11.2 Å². The fourth-order valence-corrected chi connectivity index (χ4v) is 5.40. The number of ether oxygens (including phenoxy) is 4. The molecule has 0 bridgehead atoms. The number of hydrogen-bond donors (Lipinski definition) is 0. The minimum atomic E-state index is -0.797. The number of imide groups is 1. The van der Waals surface area contributed by atoms with Crippen LogP contribution in [0.5, 0.6) is 0 Å². The third kappa shape index (κ3) is 9.58. The number of rotatable bonds is 9. The molecule has 2 heterocycles. The first-order valence-corrected chi connectivity index (χ1v) is 16.1. The summed E-state index contributed by atoms with van der Waals surface area (Å²) in [5.41, 5.74) is 1.12. The van der Waals surface area contributed by atoms with Gasteiger partial charge in [-0.15, -0.1) is 0 Å². The number of carbonyl (C=O) groups is 3. The zero-order valence-corrected chi connectivity index (χ0v) is 28.0. The van der Waals surface area contributed by atoms with E-state index in [1.165, 1.54) is 0 Å². The third-order valence-electron chi connectivity index (χ3n) is 7.15. The van der Waals surface area contributed by atoms with Gasteiger partial charge in [-0.25, -0.2) is 14.5 Å². The maximum absolute atomic E-state index is 14.0. The van der Waals surface area contributed by atoms with Crippen LogP contribution >= 0.6 is 11.6 Å². The molecule has 10 nitrogen and oxygen atoms in total. The molecule has 0 aliphatic carbocycles. The molecule has 2 aliphatic heterocycles. The van der Waals surface area contributed by atoms with E-state index >= 15 is 0 Å². The molecule has 0 saturated carbocycles. The van der Waals surface area contributed by atoms with Crippen LogP contribution in [0, 0.1) is 0 Å². The largest absolute Gasteiger partial charge is 0.443 e. The summed E-state index contributed by atoms with van der Waals surface area (Å²) in [6.07, 6.45) is 2.27. The third-order valence-corrected chi connectivity index (χ3v) is 7.38. The van der Waals surface area contributed by atoms with Gasteiger partial charge in [0.15, 0.2) is 6.29 Å². The second-order valence-corrected chi connectivity index (χ2v) is 13.7. The predicted molar refractivity (Wildman–Crippen MR) is 175 cm³/mol. The van der Waals surface area contributed by atoms with Gasteiger partial charge in [-0.1, -0.05) is 23.7 Å². The highest BCUT2D eigenvalue weighted by Crippen LogP contribution is 2.41. The van der Waals surface area contributed by atoms with Crippen molar-refractivity contribution in [1.82, 2.24) is 4.90 Å². The van der Waals surface area contributed by atoms with Crippen LogP contribution in [0.2, 0.25) is 5.02 Å². The SMILES string of the molecule is CC(C)(C)OC(=O)N(CCCN1c2cc(Cl)ccc2C(=O)N(CCCOC2CCCCO2)c2ccccc21)C(=O)OC(C)(C)C. The van der Waals surface area contributed by atoms with Crippen LogP contribution in [0.1, 0.15) is 84.0 Å². The van der Waals surface area contributed by atoms with Crippen LogP contribution < -0.4 is 9.80 Å². The van der Waals surface area contributed by atoms with Crippen LogP contribution in [-0.2, 0) is 18.9 Å². The first-order chi connectivity index (χ1) is 21.2. The molecule has 3 amide bonds. The summed E-state index contributed by atoms with van der Waals surface area (Å²) in [6.45, 7) is 12.5. The van der Waals surface area contributed by atoms with E-state index < -0.39 is 23.4 Å². The number of hydrogen-bond acceptors (Lipinski definition) is 8. The number of nitrogens with zero attached hydrogens (tertiary/aromatic N) is 3. The molecule has 0 spiro atoms. The van der Waals surface area contributed by atoms with Crippen molar-refractivity contribution < 1.29 is 33.3 Å². The van der Waals surface area contributed by atoms with E-state index in [9.17, 15) is 14.4 Å². The molecule has 11 heteroatoms. The lowest BCUT2D eigenvalue weighted by Gasteiger charge is -2.30. The van der Waals surface area contributed by atoms with Crippen LogP contribution in [0.15, 0.2) is 42.5 Å². The minimum Gasteiger partial charge on any atom is -0.443 e. The van der Waals surface area contributed by atoms with Gasteiger partial charge in [-0.2, -0.15) is 0 Å². The molecule has 2 aliphatic rings. The number of benzene rings is 2. The summed E-state index contributed by atoms with van der Waals surface area (Å²) in [5.74, 6) is -0.144. The van der Waals surface area contributed by atoms with Crippen molar-refractivity contribution >= 4 is 46.8 Å². The van der Waals surface area contributed by atoms with Crippen LogP contribution in [0.3, 0.4) is 0 Å². The highest BCUT2D eigenvalue weighted by Gasteiger charge is 2.33. The number of halogens is 1. The summed E-state index contributed by atoms with van der Waals surface area (Å²) < 4.78 is 22.7. The van der Waals surface area contributed by atoms with E-state index in [1.807, 2.05) is 29.2 Å². The lowest BCUT2D eigenvalue weighted by atomic mass is 10.1. The van der Waals surface area contributed by atoms with Gasteiger partial charge in [0.25, 0.3) is 5.91 Å². The molecular formula is C34H46ClN3O7. The van der Waals surface area contributed by atoms with Gasteiger partial charge in [-0.3, -0.25) is 4.79 Å². The number of amides is 3. The molecule has 1 fully saturated rings. The van der Waals surface area contributed by atoms with Gasteiger partial charge in [-0.05, 0) is 104 Å².